The molecule has 92 valence electrons. The molecular weight excluding hydrogens is 240 g/mol. The van der Waals surface area contributed by atoms with Gasteiger partial charge in [0.05, 0.1) is 23.8 Å². The Morgan fingerprint density at radius 2 is 1.89 bits per heavy atom. The van der Waals surface area contributed by atoms with Crippen LogP contribution in [0, 0.1) is 22.7 Å². The van der Waals surface area contributed by atoms with E-state index in [0.29, 0.717) is 28.2 Å². The van der Waals surface area contributed by atoms with Crippen LogP contribution in [0.5, 0.6) is 11.5 Å². The second kappa shape index (κ2) is 5.68. The van der Waals surface area contributed by atoms with Gasteiger partial charge in [0, 0.05) is 0 Å². The van der Waals surface area contributed by atoms with Gasteiger partial charge < -0.3 is 9.84 Å². The summed E-state index contributed by atoms with van der Waals surface area (Å²) in [5.74, 6) is 0.891. The molecule has 0 unspecified atom stereocenters. The van der Waals surface area contributed by atoms with Crippen LogP contribution in [0.15, 0.2) is 42.5 Å². The summed E-state index contributed by atoms with van der Waals surface area (Å²) >= 11 is 0. The third kappa shape index (κ3) is 2.90. The Hall–Kier alpha value is -2.82. The van der Waals surface area contributed by atoms with Crippen molar-refractivity contribution in [3.8, 4) is 23.6 Å². The van der Waals surface area contributed by atoms with E-state index in [2.05, 4.69) is 0 Å². The summed E-state index contributed by atoms with van der Waals surface area (Å²) in [5.41, 5.74) is 1.48. The van der Waals surface area contributed by atoms with Crippen molar-refractivity contribution in [3.63, 3.8) is 0 Å². The van der Waals surface area contributed by atoms with Gasteiger partial charge in [-0.15, -0.1) is 0 Å². The highest BCUT2D eigenvalue weighted by Gasteiger charge is 2.06. The van der Waals surface area contributed by atoms with Crippen molar-refractivity contribution >= 4 is 0 Å². The second-order valence-electron chi connectivity index (χ2n) is 3.84. The summed E-state index contributed by atoms with van der Waals surface area (Å²) in [6.45, 7) is -0.126. The van der Waals surface area contributed by atoms with Gasteiger partial charge in [-0.3, -0.25) is 0 Å². The maximum absolute atomic E-state index is 9.05. The largest absolute Gasteiger partial charge is 0.456 e. The van der Waals surface area contributed by atoms with Crippen molar-refractivity contribution in [2.45, 2.75) is 6.61 Å². The summed E-state index contributed by atoms with van der Waals surface area (Å²) in [4.78, 5) is 0. The van der Waals surface area contributed by atoms with Crippen LogP contribution in [0.25, 0.3) is 0 Å². The summed E-state index contributed by atoms with van der Waals surface area (Å²) in [5, 5.41) is 26.9. The SMILES string of the molecule is N#Cc1cccc(Oc2ccc(CO)cc2C#N)c1. The molecule has 0 aliphatic carbocycles. The van der Waals surface area contributed by atoms with E-state index < -0.39 is 0 Å². The van der Waals surface area contributed by atoms with E-state index in [1.54, 1.807) is 42.5 Å². The molecule has 0 aliphatic rings. The molecule has 0 spiro atoms. The normalized spacial score (nSPS) is 9.42. The van der Waals surface area contributed by atoms with E-state index in [0.717, 1.165) is 0 Å². The average molecular weight is 250 g/mol. The molecule has 0 atom stereocenters. The van der Waals surface area contributed by atoms with E-state index >= 15 is 0 Å². The monoisotopic (exact) mass is 250 g/mol. The molecule has 0 aliphatic heterocycles. The van der Waals surface area contributed by atoms with Crippen LogP contribution in [-0.4, -0.2) is 5.11 Å². The molecular formula is C15H10N2O2. The second-order valence-corrected chi connectivity index (χ2v) is 3.84. The van der Waals surface area contributed by atoms with Crippen LogP contribution >= 0.6 is 0 Å². The van der Waals surface area contributed by atoms with Gasteiger partial charge in [0.2, 0.25) is 0 Å². The van der Waals surface area contributed by atoms with Crippen LogP contribution in [0.1, 0.15) is 16.7 Å². The molecule has 0 fully saturated rings. The first-order valence-corrected chi connectivity index (χ1v) is 5.58. The minimum Gasteiger partial charge on any atom is -0.456 e. The minimum absolute atomic E-state index is 0.126. The Bertz CT molecular complexity index is 681. The standard InChI is InChI=1S/C15H10N2O2/c16-8-11-2-1-3-14(7-11)19-15-5-4-12(10-18)6-13(15)9-17/h1-7,18H,10H2. The van der Waals surface area contributed by atoms with Gasteiger partial charge in [-0.1, -0.05) is 12.1 Å². The number of ether oxygens (including phenoxy) is 1. The van der Waals surface area contributed by atoms with Crippen molar-refractivity contribution < 1.29 is 9.84 Å². The molecule has 0 heterocycles. The van der Waals surface area contributed by atoms with Crippen molar-refractivity contribution in [2.24, 2.45) is 0 Å². The van der Waals surface area contributed by atoms with Crippen LogP contribution < -0.4 is 4.74 Å². The molecule has 2 aromatic carbocycles. The molecule has 0 bridgehead atoms. The minimum atomic E-state index is -0.126. The molecule has 2 aromatic rings. The summed E-state index contributed by atoms with van der Waals surface area (Å²) in [6, 6.07) is 15.6. The number of hydrogen-bond donors (Lipinski definition) is 1. The summed E-state index contributed by atoms with van der Waals surface area (Å²) < 4.78 is 5.59. The van der Waals surface area contributed by atoms with Gasteiger partial charge in [-0.25, -0.2) is 0 Å². The molecule has 4 heteroatoms. The lowest BCUT2D eigenvalue weighted by Crippen LogP contribution is -1.91. The molecule has 0 saturated heterocycles. The zero-order valence-electron chi connectivity index (χ0n) is 10.00. The Morgan fingerprint density at radius 3 is 2.58 bits per heavy atom. The van der Waals surface area contributed by atoms with E-state index in [-0.39, 0.29) is 6.61 Å². The highest BCUT2D eigenvalue weighted by Crippen LogP contribution is 2.26. The Labute approximate surface area is 110 Å². The highest BCUT2D eigenvalue weighted by molar-refractivity contribution is 5.48. The molecule has 0 radical (unpaired) electrons. The fraction of sp³-hybridized carbons (Fsp3) is 0.0667. The Kier molecular flexibility index (Phi) is 3.78. The first-order chi connectivity index (χ1) is 9.26. The van der Waals surface area contributed by atoms with E-state index in [1.165, 1.54) is 0 Å². The van der Waals surface area contributed by atoms with Gasteiger partial charge in [0.15, 0.2) is 0 Å². The van der Waals surface area contributed by atoms with Crippen molar-refractivity contribution in [3.05, 3.63) is 59.2 Å². The lowest BCUT2D eigenvalue weighted by Gasteiger charge is -2.08. The van der Waals surface area contributed by atoms with Crippen LogP contribution in [0.2, 0.25) is 0 Å². The van der Waals surface area contributed by atoms with E-state index in [9.17, 15) is 0 Å². The Balaban J connectivity index is 2.33. The van der Waals surface area contributed by atoms with Crippen molar-refractivity contribution in [1.82, 2.24) is 0 Å². The zero-order valence-corrected chi connectivity index (χ0v) is 10.00. The zero-order chi connectivity index (χ0) is 13.7. The molecule has 2 rings (SSSR count). The number of rotatable bonds is 3. The fourth-order valence-electron chi connectivity index (χ4n) is 1.61. The maximum atomic E-state index is 9.05. The fourth-order valence-corrected chi connectivity index (χ4v) is 1.61. The van der Waals surface area contributed by atoms with Gasteiger partial charge in [0.25, 0.3) is 0 Å². The molecule has 1 N–H and O–H groups in total. The lowest BCUT2D eigenvalue weighted by molar-refractivity contribution is 0.281. The van der Waals surface area contributed by atoms with Crippen LogP contribution in [0.3, 0.4) is 0 Å². The topological polar surface area (TPSA) is 77.0 Å². The number of nitrogens with zero attached hydrogens (tertiary/aromatic N) is 2. The molecule has 4 nitrogen and oxygen atoms in total. The summed E-state index contributed by atoms with van der Waals surface area (Å²) in [6.07, 6.45) is 0. The molecule has 0 amide bonds. The number of aliphatic hydroxyl groups excluding tert-OH is 1. The number of hydrogen-bond acceptors (Lipinski definition) is 4. The number of aliphatic hydroxyl groups is 1. The summed E-state index contributed by atoms with van der Waals surface area (Å²) in [7, 11) is 0. The Morgan fingerprint density at radius 1 is 1.05 bits per heavy atom. The quantitative estimate of drug-likeness (QED) is 0.908. The van der Waals surface area contributed by atoms with Crippen LogP contribution in [0.4, 0.5) is 0 Å². The smallest absolute Gasteiger partial charge is 0.145 e. The van der Waals surface area contributed by atoms with Crippen molar-refractivity contribution in [1.29, 1.82) is 10.5 Å². The number of benzene rings is 2. The van der Waals surface area contributed by atoms with Gasteiger partial charge in [0.1, 0.15) is 17.6 Å². The third-order valence-corrected chi connectivity index (χ3v) is 2.54. The van der Waals surface area contributed by atoms with Crippen LogP contribution in [-0.2, 0) is 6.61 Å². The van der Waals surface area contributed by atoms with E-state index in [1.807, 2.05) is 12.1 Å². The third-order valence-electron chi connectivity index (χ3n) is 2.54. The van der Waals surface area contributed by atoms with Gasteiger partial charge in [-0.2, -0.15) is 10.5 Å². The maximum Gasteiger partial charge on any atom is 0.145 e. The van der Waals surface area contributed by atoms with Crippen molar-refractivity contribution in [2.75, 3.05) is 0 Å². The molecule has 0 aromatic heterocycles. The van der Waals surface area contributed by atoms with E-state index in [4.69, 9.17) is 20.4 Å². The number of nitriles is 2. The molecule has 0 saturated carbocycles. The first-order valence-electron chi connectivity index (χ1n) is 5.58. The highest BCUT2D eigenvalue weighted by atomic mass is 16.5. The predicted octanol–water partition coefficient (Wildman–Crippen LogP) is 2.71. The molecule has 19 heavy (non-hydrogen) atoms. The first kappa shape index (κ1) is 12.6. The predicted molar refractivity (Wildman–Crippen MR) is 68.3 cm³/mol. The van der Waals surface area contributed by atoms with Gasteiger partial charge >= 0.3 is 0 Å². The average Bonchev–Trinajstić information content (AvgIpc) is 2.48. The van der Waals surface area contributed by atoms with Gasteiger partial charge in [-0.05, 0) is 35.9 Å². The lowest BCUT2D eigenvalue weighted by atomic mass is 10.1.